The Kier molecular flexibility index (Phi) is 3.99. The molecule has 0 aliphatic carbocycles. The van der Waals surface area contributed by atoms with E-state index in [0.717, 1.165) is 23.1 Å². The lowest BCUT2D eigenvalue weighted by Gasteiger charge is -1.98. The first kappa shape index (κ1) is 17.0. The van der Waals surface area contributed by atoms with Crippen LogP contribution in [0.25, 0.3) is 22.2 Å². The number of fused-ring (bicyclic) bond motifs is 1. The van der Waals surface area contributed by atoms with Crippen molar-refractivity contribution in [2.24, 2.45) is 0 Å². The summed E-state index contributed by atoms with van der Waals surface area (Å²) in [5.74, 6) is -2.20. The van der Waals surface area contributed by atoms with Gasteiger partial charge in [-0.1, -0.05) is 16.8 Å². The summed E-state index contributed by atoms with van der Waals surface area (Å²) in [5, 5.41) is 7.19. The van der Waals surface area contributed by atoms with Gasteiger partial charge in [-0.3, -0.25) is 10.1 Å². The van der Waals surface area contributed by atoms with Gasteiger partial charge in [-0.25, -0.2) is 8.78 Å². The number of nitrogens with one attached hydrogen (secondary N) is 1. The van der Waals surface area contributed by atoms with E-state index >= 15 is 0 Å². The van der Waals surface area contributed by atoms with Gasteiger partial charge in [-0.2, -0.15) is 0 Å². The maximum Gasteiger partial charge on any atom is 0.294 e. The average Bonchev–Trinajstić information content (AvgIpc) is 3.22. The molecular weight excluding hydrogens is 354 g/mol. The van der Waals surface area contributed by atoms with Crippen LogP contribution in [0.3, 0.4) is 0 Å². The monoisotopic (exact) mass is 368 g/mol. The molecule has 0 radical (unpaired) electrons. The fourth-order valence-corrected chi connectivity index (χ4v) is 2.85. The predicted octanol–water partition coefficient (Wildman–Crippen LogP) is 5.24. The number of hydrogen-bond donors (Lipinski definition) is 1. The van der Waals surface area contributed by atoms with E-state index in [1.807, 2.05) is 25.1 Å². The van der Waals surface area contributed by atoms with E-state index in [2.05, 4.69) is 10.5 Å². The molecule has 1 amide bonds. The lowest BCUT2D eigenvalue weighted by Crippen LogP contribution is -2.11. The molecule has 0 aliphatic heterocycles. The first-order chi connectivity index (χ1) is 12.9. The molecule has 2 heterocycles. The lowest BCUT2D eigenvalue weighted by molar-refractivity contribution is 0.0994. The Bertz CT molecular complexity index is 1180. The molecule has 0 spiro atoms. The first-order valence-electron chi connectivity index (χ1n) is 8.15. The minimum Gasteiger partial charge on any atom is -0.451 e. The van der Waals surface area contributed by atoms with E-state index in [4.69, 9.17) is 8.94 Å². The number of halogens is 2. The molecule has 27 heavy (non-hydrogen) atoms. The number of benzene rings is 2. The third kappa shape index (κ3) is 3.08. The van der Waals surface area contributed by atoms with Crippen LogP contribution in [0, 0.1) is 25.5 Å². The molecular formula is C20H14F2N2O3. The summed E-state index contributed by atoms with van der Waals surface area (Å²) in [5.41, 5.74) is 2.98. The number of carbonyl (C=O) groups is 1. The van der Waals surface area contributed by atoms with E-state index in [-0.39, 0.29) is 17.3 Å². The first-order valence-corrected chi connectivity index (χ1v) is 8.15. The van der Waals surface area contributed by atoms with E-state index in [1.165, 1.54) is 12.1 Å². The average molecular weight is 368 g/mol. The molecule has 4 aromatic rings. The number of aromatic nitrogens is 1. The van der Waals surface area contributed by atoms with E-state index in [1.54, 1.807) is 6.92 Å². The van der Waals surface area contributed by atoms with Gasteiger partial charge in [-0.15, -0.1) is 0 Å². The lowest BCUT2D eigenvalue weighted by atomic mass is 10.1. The van der Waals surface area contributed by atoms with Crippen LogP contribution in [-0.4, -0.2) is 11.1 Å². The van der Waals surface area contributed by atoms with Gasteiger partial charge in [0.25, 0.3) is 5.91 Å². The van der Waals surface area contributed by atoms with Crippen LogP contribution in [0.4, 0.5) is 14.7 Å². The molecule has 7 heteroatoms. The topological polar surface area (TPSA) is 68.3 Å². The number of amides is 1. The number of anilines is 1. The van der Waals surface area contributed by atoms with Crippen molar-refractivity contribution in [2.75, 3.05) is 5.32 Å². The molecule has 2 aromatic heterocycles. The highest BCUT2D eigenvalue weighted by Gasteiger charge is 2.20. The van der Waals surface area contributed by atoms with Gasteiger partial charge in [0.05, 0.1) is 0 Å². The Morgan fingerprint density at radius 3 is 2.63 bits per heavy atom. The minimum atomic E-state index is -0.991. The van der Waals surface area contributed by atoms with Gasteiger partial charge in [0.15, 0.2) is 17.4 Å². The van der Waals surface area contributed by atoms with Gasteiger partial charge >= 0.3 is 0 Å². The van der Waals surface area contributed by atoms with Crippen molar-refractivity contribution in [1.29, 1.82) is 0 Å². The second kappa shape index (κ2) is 6.35. The summed E-state index contributed by atoms with van der Waals surface area (Å²) in [6, 6.07) is 10.4. The van der Waals surface area contributed by atoms with Crippen LogP contribution < -0.4 is 5.32 Å². The minimum absolute atomic E-state index is 0.0655. The molecule has 0 atom stereocenters. The maximum absolute atomic E-state index is 13.4. The van der Waals surface area contributed by atoms with Crippen LogP contribution in [0.5, 0.6) is 0 Å². The fraction of sp³-hybridized carbons (Fsp3) is 0.100. The van der Waals surface area contributed by atoms with E-state index in [9.17, 15) is 13.6 Å². The van der Waals surface area contributed by atoms with Gasteiger partial charge in [-0.05, 0) is 44.2 Å². The smallest absolute Gasteiger partial charge is 0.294 e. The molecule has 0 saturated heterocycles. The molecule has 2 aromatic carbocycles. The molecule has 5 nitrogen and oxygen atoms in total. The third-order valence-corrected chi connectivity index (χ3v) is 4.26. The molecule has 0 unspecified atom stereocenters. The Hall–Kier alpha value is -3.48. The van der Waals surface area contributed by atoms with Crippen molar-refractivity contribution in [1.82, 2.24) is 5.16 Å². The maximum atomic E-state index is 13.4. The molecule has 0 fully saturated rings. The number of carbonyl (C=O) groups excluding carboxylic acids is 1. The highest BCUT2D eigenvalue weighted by Crippen LogP contribution is 2.28. The third-order valence-electron chi connectivity index (χ3n) is 4.26. The number of furan rings is 1. The van der Waals surface area contributed by atoms with Gasteiger partial charge < -0.3 is 8.94 Å². The van der Waals surface area contributed by atoms with Crippen molar-refractivity contribution < 1.29 is 22.5 Å². The van der Waals surface area contributed by atoms with Crippen molar-refractivity contribution in [2.45, 2.75) is 13.8 Å². The van der Waals surface area contributed by atoms with E-state index < -0.39 is 17.5 Å². The van der Waals surface area contributed by atoms with Crippen LogP contribution in [0.15, 0.2) is 51.4 Å². The summed E-state index contributed by atoms with van der Waals surface area (Å²) < 4.78 is 37.1. The zero-order valence-corrected chi connectivity index (χ0v) is 14.5. The number of rotatable bonds is 3. The molecule has 0 saturated carbocycles. The molecule has 4 rings (SSSR count). The highest BCUT2D eigenvalue weighted by atomic mass is 19.2. The molecule has 0 aliphatic rings. The second-order valence-electron chi connectivity index (χ2n) is 6.22. The van der Waals surface area contributed by atoms with Gasteiger partial charge in [0.1, 0.15) is 11.3 Å². The van der Waals surface area contributed by atoms with Crippen LogP contribution in [0.1, 0.15) is 21.7 Å². The van der Waals surface area contributed by atoms with Crippen molar-refractivity contribution in [3.05, 3.63) is 71.0 Å². The summed E-state index contributed by atoms with van der Waals surface area (Å²) in [7, 11) is 0. The Morgan fingerprint density at radius 1 is 1.04 bits per heavy atom. The summed E-state index contributed by atoms with van der Waals surface area (Å²) in [4.78, 5) is 12.5. The second-order valence-corrected chi connectivity index (χ2v) is 6.22. The van der Waals surface area contributed by atoms with Crippen molar-refractivity contribution in [3.8, 4) is 11.3 Å². The number of nitrogens with zero attached hydrogens (tertiary/aromatic N) is 1. The van der Waals surface area contributed by atoms with Gasteiger partial charge in [0, 0.05) is 22.6 Å². The molecule has 1 N–H and O–H groups in total. The standard InChI is InChI=1S/C20H14F2N2O3/c1-10-3-6-17-13(7-10)11(2)19(26-17)20(25)23-18-9-16(24-27-18)12-4-5-14(21)15(22)8-12/h3-9H,1-2H3,(H,23,25). The zero-order valence-electron chi connectivity index (χ0n) is 14.5. The summed E-state index contributed by atoms with van der Waals surface area (Å²) in [6.07, 6.45) is 0. The largest absolute Gasteiger partial charge is 0.451 e. The van der Waals surface area contributed by atoms with Crippen molar-refractivity contribution in [3.63, 3.8) is 0 Å². The SMILES string of the molecule is Cc1ccc2oc(C(=O)Nc3cc(-c4ccc(F)c(F)c4)no3)c(C)c2c1. The summed E-state index contributed by atoms with van der Waals surface area (Å²) in [6.45, 7) is 3.76. The Balaban J connectivity index is 1.59. The zero-order chi connectivity index (χ0) is 19.1. The number of aryl methyl sites for hydroxylation is 2. The van der Waals surface area contributed by atoms with Crippen LogP contribution >= 0.6 is 0 Å². The normalized spacial score (nSPS) is 11.1. The Morgan fingerprint density at radius 2 is 1.85 bits per heavy atom. The fourth-order valence-electron chi connectivity index (χ4n) is 2.85. The van der Waals surface area contributed by atoms with Crippen LogP contribution in [-0.2, 0) is 0 Å². The molecule has 136 valence electrons. The van der Waals surface area contributed by atoms with Gasteiger partial charge in [0.2, 0.25) is 5.88 Å². The predicted molar refractivity (Wildman–Crippen MR) is 95.5 cm³/mol. The quantitative estimate of drug-likeness (QED) is 0.537. The molecule has 0 bridgehead atoms. The highest BCUT2D eigenvalue weighted by molar-refractivity contribution is 6.06. The van der Waals surface area contributed by atoms with Crippen molar-refractivity contribution >= 4 is 22.8 Å². The summed E-state index contributed by atoms with van der Waals surface area (Å²) >= 11 is 0. The Labute approximate surface area is 152 Å². The number of hydrogen-bond acceptors (Lipinski definition) is 4. The van der Waals surface area contributed by atoms with E-state index in [0.29, 0.717) is 16.7 Å². The van der Waals surface area contributed by atoms with Crippen LogP contribution in [0.2, 0.25) is 0 Å².